The first-order valence-corrected chi connectivity index (χ1v) is 6.14. The molecule has 0 aliphatic carbocycles. The van der Waals surface area contributed by atoms with E-state index in [4.69, 9.17) is 4.74 Å². The van der Waals surface area contributed by atoms with Crippen molar-refractivity contribution in [3.8, 4) is 5.75 Å². The summed E-state index contributed by atoms with van der Waals surface area (Å²) in [5, 5.41) is 10.6. The van der Waals surface area contributed by atoms with Gasteiger partial charge in [0.15, 0.2) is 11.6 Å². The topological polar surface area (TPSA) is 29.5 Å². The fraction of sp³-hybridized carbons (Fsp3) is 0.571. The predicted molar refractivity (Wildman–Crippen MR) is 66.7 cm³/mol. The lowest BCUT2D eigenvalue weighted by atomic mass is 9.85. The van der Waals surface area contributed by atoms with E-state index < -0.39 is 11.4 Å². The van der Waals surface area contributed by atoms with E-state index in [2.05, 4.69) is 0 Å². The van der Waals surface area contributed by atoms with Gasteiger partial charge in [-0.2, -0.15) is 0 Å². The van der Waals surface area contributed by atoms with Crippen molar-refractivity contribution in [3.63, 3.8) is 0 Å². The van der Waals surface area contributed by atoms with Crippen molar-refractivity contribution in [2.24, 2.45) is 0 Å². The normalized spacial score (nSPS) is 11.6. The van der Waals surface area contributed by atoms with Crippen molar-refractivity contribution in [1.29, 1.82) is 0 Å². The molecule has 0 bridgehead atoms. The van der Waals surface area contributed by atoms with Gasteiger partial charge in [-0.15, -0.1) is 0 Å². The Morgan fingerprint density at radius 3 is 2.29 bits per heavy atom. The minimum absolute atomic E-state index is 0.188. The minimum atomic E-state index is -1.08. The first kappa shape index (κ1) is 14.0. The minimum Gasteiger partial charge on any atom is -0.494 e. The highest BCUT2D eigenvalue weighted by atomic mass is 19.1. The van der Waals surface area contributed by atoms with Gasteiger partial charge in [-0.3, -0.25) is 0 Å². The van der Waals surface area contributed by atoms with Gasteiger partial charge in [0.2, 0.25) is 0 Å². The Hall–Kier alpha value is -1.09. The Morgan fingerprint density at radius 1 is 1.24 bits per heavy atom. The van der Waals surface area contributed by atoms with E-state index in [1.807, 2.05) is 13.8 Å². The third-order valence-electron chi connectivity index (χ3n) is 3.01. The van der Waals surface area contributed by atoms with Crippen LogP contribution in [0.5, 0.6) is 5.75 Å². The zero-order valence-electron chi connectivity index (χ0n) is 10.8. The zero-order valence-corrected chi connectivity index (χ0v) is 10.8. The molecule has 0 saturated heterocycles. The van der Waals surface area contributed by atoms with E-state index in [0.29, 0.717) is 18.4 Å². The smallest absolute Gasteiger partial charge is 0.171 e. The van der Waals surface area contributed by atoms with Crippen LogP contribution in [-0.4, -0.2) is 12.2 Å². The second kappa shape index (κ2) is 6.01. The molecule has 1 N–H and O–H groups in total. The van der Waals surface area contributed by atoms with Crippen LogP contribution in [0.2, 0.25) is 0 Å². The van der Waals surface area contributed by atoms with Gasteiger partial charge in [-0.05, 0) is 18.9 Å². The molecule has 0 spiro atoms. The highest BCUT2D eigenvalue weighted by Gasteiger charge is 2.31. The number of rotatable bonds is 6. The molecule has 2 nitrogen and oxygen atoms in total. The molecule has 1 aromatic rings. The van der Waals surface area contributed by atoms with Crippen molar-refractivity contribution in [3.05, 3.63) is 29.6 Å². The molecule has 0 saturated carbocycles. The highest BCUT2D eigenvalue weighted by Crippen LogP contribution is 2.35. The molecule has 0 fully saturated rings. The largest absolute Gasteiger partial charge is 0.494 e. The standard InChI is InChI=1S/C14H21FO2/c1-4-9-14(16,10-5-2)11-7-6-8-12(17-3)13(11)15/h6-8,16H,4-5,9-10H2,1-3H3. The Kier molecular flexibility index (Phi) is 4.94. The van der Waals surface area contributed by atoms with Crippen LogP contribution in [0.4, 0.5) is 4.39 Å². The van der Waals surface area contributed by atoms with Crippen LogP contribution in [0.1, 0.15) is 45.1 Å². The fourth-order valence-corrected chi connectivity index (χ4v) is 2.25. The molecular formula is C14H21FO2. The Bertz CT molecular complexity index is 357. The first-order valence-electron chi connectivity index (χ1n) is 6.14. The van der Waals surface area contributed by atoms with Gasteiger partial charge in [0.05, 0.1) is 12.7 Å². The molecule has 0 unspecified atom stereocenters. The molecule has 3 heteroatoms. The molecule has 0 heterocycles. The van der Waals surface area contributed by atoms with Crippen molar-refractivity contribution in [2.45, 2.75) is 45.1 Å². The lowest BCUT2D eigenvalue weighted by molar-refractivity contribution is 0.0132. The second-order valence-corrected chi connectivity index (χ2v) is 4.35. The van der Waals surface area contributed by atoms with Crippen molar-refractivity contribution >= 4 is 0 Å². The number of aliphatic hydroxyl groups is 1. The van der Waals surface area contributed by atoms with Gasteiger partial charge in [0.1, 0.15) is 0 Å². The Morgan fingerprint density at radius 2 is 1.82 bits per heavy atom. The molecule has 96 valence electrons. The molecular weight excluding hydrogens is 219 g/mol. The van der Waals surface area contributed by atoms with Crippen molar-refractivity contribution in [2.75, 3.05) is 7.11 Å². The molecule has 17 heavy (non-hydrogen) atoms. The maximum absolute atomic E-state index is 14.1. The maximum atomic E-state index is 14.1. The summed E-state index contributed by atoms with van der Waals surface area (Å²) in [6, 6.07) is 4.92. The van der Waals surface area contributed by atoms with Gasteiger partial charge in [-0.25, -0.2) is 4.39 Å². The molecule has 0 aliphatic rings. The molecule has 1 aromatic carbocycles. The Balaban J connectivity index is 3.18. The summed E-state index contributed by atoms with van der Waals surface area (Å²) in [5.74, 6) is -0.257. The van der Waals surface area contributed by atoms with Crippen LogP contribution in [0, 0.1) is 5.82 Å². The Labute approximate surface area is 102 Å². The van der Waals surface area contributed by atoms with Crippen molar-refractivity contribution in [1.82, 2.24) is 0 Å². The third-order valence-corrected chi connectivity index (χ3v) is 3.01. The van der Waals surface area contributed by atoms with Crippen LogP contribution in [0.15, 0.2) is 18.2 Å². The molecule has 0 aromatic heterocycles. The van der Waals surface area contributed by atoms with Crippen LogP contribution < -0.4 is 4.74 Å². The summed E-state index contributed by atoms with van der Waals surface area (Å²) < 4.78 is 19.1. The zero-order chi connectivity index (χ0) is 12.9. The summed E-state index contributed by atoms with van der Waals surface area (Å²) in [4.78, 5) is 0. The number of benzene rings is 1. The fourth-order valence-electron chi connectivity index (χ4n) is 2.25. The van der Waals surface area contributed by atoms with Gasteiger partial charge >= 0.3 is 0 Å². The average molecular weight is 240 g/mol. The lowest BCUT2D eigenvalue weighted by Crippen LogP contribution is -2.26. The van der Waals surface area contributed by atoms with E-state index in [1.165, 1.54) is 7.11 Å². The number of hydrogen-bond donors (Lipinski definition) is 1. The van der Waals surface area contributed by atoms with E-state index in [1.54, 1.807) is 18.2 Å². The van der Waals surface area contributed by atoms with Gasteiger partial charge in [0.25, 0.3) is 0 Å². The van der Waals surface area contributed by atoms with Gasteiger partial charge in [0, 0.05) is 5.56 Å². The third kappa shape index (κ3) is 2.97. The van der Waals surface area contributed by atoms with Crippen LogP contribution in [0.25, 0.3) is 0 Å². The number of halogens is 1. The summed E-state index contributed by atoms with van der Waals surface area (Å²) in [6.07, 6.45) is 2.75. The molecule has 0 radical (unpaired) electrons. The molecule has 1 rings (SSSR count). The quantitative estimate of drug-likeness (QED) is 0.823. The number of ether oxygens (including phenoxy) is 1. The summed E-state index contributed by atoms with van der Waals surface area (Å²) >= 11 is 0. The number of methoxy groups -OCH3 is 1. The summed E-state index contributed by atoms with van der Waals surface area (Å²) in [5.41, 5.74) is -0.733. The van der Waals surface area contributed by atoms with Gasteiger partial charge in [-0.1, -0.05) is 38.8 Å². The van der Waals surface area contributed by atoms with Crippen LogP contribution >= 0.6 is 0 Å². The van der Waals surface area contributed by atoms with Crippen LogP contribution in [-0.2, 0) is 5.60 Å². The SMILES string of the molecule is CCCC(O)(CCC)c1cccc(OC)c1F. The molecule has 0 amide bonds. The van der Waals surface area contributed by atoms with E-state index in [9.17, 15) is 9.50 Å². The van der Waals surface area contributed by atoms with Crippen molar-refractivity contribution < 1.29 is 14.2 Å². The highest BCUT2D eigenvalue weighted by molar-refractivity contribution is 5.34. The summed E-state index contributed by atoms with van der Waals surface area (Å²) in [7, 11) is 1.43. The molecule has 0 aliphatic heterocycles. The van der Waals surface area contributed by atoms with Crippen LogP contribution in [0.3, 0.4) is 0 Å². The summed E-state index contributed by atoms with van der Waals surface area (Å²) in [6.45, 7) is 3.97. The van der Waals surface area contributed by atoms with Gasteiger partial charge < -0.3 is 9.84 Å². The monoisotopic (exact) mass is 240 g/mol. The lowest BCUT2D eigenvalue weighted by Gasteiger charge is -2.28. The maximum Gasteiger partial charge on any atom is 0.171 e. The van der Waals surface area contributed by atoms with E-state index >= 15 is 0 Å². The average Bonchev–Trinajstić information content (AvgIpc) is 2.30. The predicted octanol–water partition coefficient (Wildman–Crippen LogP) is 3.62. The number of hydrogen-bond acceptors (Lipinski definition) is 2. The second-order valence-electron chi connectivity index (χ2n) is 4.35. The van der Waals surface area contributed by atoms with E-state index in [0.717, 1.165) is 12.8 Å². The molecule has 0 atom stereocenters. The first-order chi connectivity index (χ1) is 8.09. The van der Waals surface area contributed by atoms with E-state index in [-0.39, 0.29) is 5.75 Å².